The number of rotatable bonds is 12. The molecule has 0 heterocycles. The zero-order chi connectivity index (χ0) is 33.5. The number of amides is 2. The minimum absolute atomic E-state index is 0.0755. The Morgan fingerprint density at radius 2 is 1.52 bits per heavy atom. The van der Waals surface area contributed by atoms with Crippen molar-refractivity contribution < 1.29 is 31.2 Å². The van der Waals surface area contributed by atoms with Gasteiger partial charge < -0.3 is 10.2 Å². The van der Waals surface area contributed by atoms with Gasteiger partial charge in [-0.25, -0.2) is 8.42 Å². The lowest BCUT2D eigenvalue weighted by atomic mass is 10.0. The smallest absolute Gasteiger partial charge is 0.355 e. The van der Waals surface area contributed by atoms with Crippen molar-refractivity contribution in [2.75, 3.05) is 17.4 Å². The highest BCUT2D eigenvalue weighted by Gasteiger charge is 2.36. The van der Waals surface area contributed by atoms with Crippen LogP contribution in [0.2, 0.25) is 0 Å². The number of carbonyl (C=O) groups is 2. The Balaban J connectivity index is 1.84. The van der Waals surface area contributed by atoms with Gasteiger partial charge in [-0.05, 0) is 67.4 Å². The van der Waals surface area contributed by atoms with Crippen LogP contribution in [0.1, 0.15) is 29.2 Å². The second-order valence-electron chi connectivity index (χ2n) is 10.6. The van der Waals surface area contributed by atoms with E-state index in [1.54, 1.807) is 62.4 Å². The van der Waals surface area contributed by atoms with Gasteiger partial charge in [-0.1, -0.05) is 82.2 Å². The summed E-state index contributed by atoms with van der Waals surface area (Å²) in [5, 5.41) is 2.77. The summed E-state index contributed by atoms with van der Waals surface area (Å²) in [7, 11) is -4.55. The van der Waals surface area contributed by atoms with E-state index in [9.17, 15) is 31.2 Å². The summed E-state index contributed by atoms with van der Waals surface area (Å²) in [4.78, 5) is 29.0. The standard InChI is InChI=1S/C34H33BrF3N3O4S/c1-3-39-33(43)31(20-25-9-5-4-6-10-25)40(22-26-11-7-13-28(35)19-26)32(42)23-41(29-14-8-12-27(21-29)34(36,37)38)46(44,45)30-17-15-24(2)16-18-30/h4-19,21,31H,3,20,22-23H2,1-2H3,(H,39,43)/t31-/m1/s1. The summed E-state index contributed by atoms with van der Waals surface area (Å²) in [5.74, 6) is -1.23. The number of hydrogen-bond donors (Lipinski definition) is 1. The normalized spacial score (nSPS) is 12.3. The lowest BCUT2D eigenvalue weighted by molar-refractivity contribution is -0.140. The van der Waals surface area contributed by atoms with E-state index in [0.717, 1.165) is 27.7 Å². The highest BCUT2D eigenvalue weighted by molar-refractivity contribution is 9.10. The molecule has 242 valence electrons. The minimum atomic E-state index is -4.76. The summed E-state index contributed by atoms with van der Waals surface area (Å²) >= 11 is 3.42. The van der Waals surface area contributed by atoms with Gasteiger partial charge >= 0.3 is 6.18 Å². The van der Waals surface area contributed by atoms with Crippen molar-refractivity contribution in [2.24, 2.45) is 0 Å². The monoisotopic (exact) mass is 715 g/mol. The third-order valence-corrected chi connectivity index (χ3v) is 9.49. The first kappa shape index (κ1) is 34.7. The average Bonchev–Trinajstić information content (AvgIpc) is 3.02. The van der Waals surface area contributed by atoms with Gasteiger partial charge in [0.2, 0.25) is 11.8 Å². The van der Waals surface area contributed by atoms with Crippen LogP contribution in [0.5, 0.6) is 0 Å². The number of halogens is 4. The number of hydrogen-bond acceptors (Lipinski definition) is 4. The highest BCUT2D eigenvalue weighted by atomic mass is 79.9. The SMILES string of the molecule is CCNC(=O)[C@@H](Cc1ccccc1)N(Cc1cccc(Br)c1)C(=O)CN(c1cccc(C(F)(F)F)c1)S(=O)(=O)c1ccc(C)cc1. The minimum Gasteiger partial charge on any atom is -0.355 e. The largest absolute Gasteiger partial charge is 0.416 e. The van der Waals surface area contributed by atoms with Crippen molar-refractivity contribution in [2.45, 2.75) is 43.9 Å². The molecule has 0 aromatic heterocycles. The highest BCUT2D eigenvalue weighted by Crippen LogP contribution is 2.33. The molecule has 0 aliphatic heterocycles. The van der Waals surface area contributed by atoms with Crippen LogP contribution in [0.15, 0.2) is 112 Å². The van der Waals surface area contributed by atoms with E-state index in [1.807, 2.05) is 18.2 Å². The Kier molecular flexibility index (Phi) is 11.3. The zero-order valence-electron chi connectivity index (χ0n) is 25.2. The molecule has 0 bridgehead atoms. The number of alkyl halides is 3. The number of benzene rings is 4. The van der Waals surface area contributed by atoms with Gasteiger partial charge in [-0.15, -0.1) is 0 Å². The quantitative estimate of drug-likeness (QED) is 0.176. The molecule has 0 saturated carbocycles. The lowest BCUT2D eigenvalue weighted by Crippen LogP contribution is -2.53. The number of carbonyl (C=O) groups excluding carboxylic acids is 2. The molecule has 2 amide bonds. The zero-order valence-corrected chi connectivity index (χ0v) is 27.6. The maximum absolute atomic E-state index is 14.4. The first-order chi connectivity index (χ1) is 21.8. The first-order valence-corrected chi connectivity index (χ1v) is 16.6. The fourth-order valence-electron chi connectivity index (χ4n) is 4.88. The van der Waals surface area contributed by atoms with Crippen molar-refractivity contribution in [3.05, 3.63) is 130 Å². The number of likely N-dealkylation sites (N-methyl/N-ethyl adjacent to an activating group) is 1. The van der Waals surface area contributed by atoms with Crippen LogP contribution in [0.3, 0.4) is 0 Å². The fraction of sp³-hybridized carbons (Fsp3) is 0.235. The van der Waals surface area contributed by atoms with Gasteiger partial charge in [0.25, 0.3) is 10.0 Å². The maximum Gasteiger partial charge on any atom is 0.416 e. The fourth-order valence-corrected chi connectivity index (χ4v) is 6.73. The average molecular weight is 717 g/mol. The van der Waals surface area contributed by atoms with Crippen LogP contribution < -0.4 is 9.62 Å². The van der Waals surface area contributed by atoms with Gasteiger partial charge in [0.15, 0.2) is 0 Å². The molecule has 0 saturated heterocycles. The van der Waals surface area contributed by atoms with Gasteiger partial charge in [-0.3, -0.25) is 13.9 Å². The molecule has 0 fully saturated rings. The van der Waals surface area contributed by atoms with Gasteiger partial charge in [0.1, 0.15) is 12.6 Å². The summed E-state index contributed by atoms with van der Waals surface area (Å²) in [6.07, 6.45) is -4.65. The van der Waals surface area contributed by atoms with Crippen molar-refractivity contribution in [1.82, 2.24) is 10.2 Å². The van der Waals surface area contributed by atoms with Crippen LogP contribution >= 0.6 is 15.9 Å². The van der Waals surface area contributed by atoms with E-state index >= 15 is 0 Å². The molecule has 12 heteroatoms. The van der Waals surface area contributed by atoms with Crippen molar-refractivity contribution in [3.8, 4) is 0 Å². The molecule has 1 N–H and O–H groups in total. The van der Waals surface area contributed by atoms with Gasteiger partial charge in [0, 0.05) is 24.0 Å². The molecule has 0 aliphatic rings. The molecule has 4 aromatic carbocycles. The predicted octanol–water partition coefficient (Wildman–Crippen LogP) is 6.75. The predicted molar refractivity (Wildman–Crippen MR) is 174 cm³/mol. The van der Waals surface area contributed by atoms with Crippen LogP contribution in [0.25, 0.3) is 0 Å². The Hall–Kier alpha value is -4.16. The van der Waals surface area contributed by atoms with E-state index in [0.29, 0.717) is 15.9 Å². The number of anilines is 1. The van der Waals surface area contributed by atoms with E-state index < -0.39 is 46.2 Å². The number of aryl methyl sites for hydroxylation is 1. The molecule has 4 rings (SSSR count). The molecule has 4 aromatic rings. The Morgan fingerprint density at radius 3 is 2.15 bits per heavy atom. The summed E-state index contributed by atoms with van der Waals surface area (Å²) in [5.41, 5.74) is 0.761. The van der Waals surface area contributed by atoms with E-state index in [-0.39, 0.29) is 30.1 Å². The third kappa shape index (κ3) is 8.76. The molecule has 1 atom stereocenters. The third-order valence-electron chi connectivity index (χ3n) is 7.21. The van der Waals surface area contributed by atoms with Crippen molar-refractivity contribution in [1.29, 1.82) is 0 Å². The lowest BCUT2D eigenvalue weighted by Gasteiger charge is -2.34. The molecule has 0 aliphatic carbocycles. The Morgan fingerprint density at radius 1 is 0.870 bits per heavy atom. The van der Waals surface area contributed by atoms with Crippen LogP contribution in [-0.4, -0.2) is 44.3 Å². The first-order valence-electron chi connectivity index (χ1n) is 14.4. The summed E-state index contributed by atoms with van der Waals surface area (Å²) in [6, 6.07) is 24.7. The van der Waals surface area contributed by atoms with Crippen LogP contribution in [0, 0.1) is 6.92 Å². The number of nitrogens with one attached hydrogen (secondary N) is 1. The Bertz CT molecular complexity index is 1770. The van der Waals surface area contributed by atoms with Gasteiger partial charge in [-0.2, -0.15) is 13.2 Å². The Labute approximate surface area is 275 Å². The summed E-state index contributed by atoms with van der Waals surface area (Å²) in [6.45, 7) is 2.84. The van der Waals surface area contributed by atoms with Crippen molar-refractivity contribution >= 4 is 43.5 Å². The molecule has 0 spiro atoms. The topological polar surface area (TPSA) is 86.8 Å². The molecule has 46 heavy (non-hydrogen) atoms. The molecule has 0 radical (unpaired) electrons. The number of sulfonamides is 1. The molecular formula is C34H33BrF3N3O4S. The van der Waals surface area contributed by atoms with Crippen molar-refractivity contribution in [3.63, 3.8) is 0 Å². The molecule has 7 nitrogen and oxygen atoms in total. The van der Waals surface area contributed by atoms with E-state index in [2.05, 4.69) is 21.2 Å². The van der Waals surface area contributed by atoms with Crippen LogP contribution in [0.4, 0.5) is 18.9 Å². The van der Waals surface area contributed by atoms with E-state index in [1.165, 1.54) is 23.1 Å². The van der Waals surface area contributed by atoms with Crippen LogP contribution in [-0.2, 0) is 38.8 Å². The molecular weight excluding hydrogens is 683 g/mol. The summed E-state index contributed by atoms with van der Waals surface area (Å²) < 4.78 is 70.7. The molecule has 0 unspecified atom stereocenters. The second-order valence-corrected chi connectivity index (χ2v) is 13.4. The van der Waals surface area contributed by atoms with Gasteiger partial charge in [0.05, 0.1) is 16.1 Å². The second kappa shape index (κ2) is 15.0. The number of nitrogens with zero attached hydrogens (tertiary/aromatic N) is 2. The maximum atomic E-state index is 14.4. The van der Waals surface area contributed by atoms with E-state index in [4.69, 9.17) is 0 Å².